The average Bonchev–Trinajstić information content (AvgIpc) is 2.78. The molecule has 0 bridgehead atoms. The van der Waals surface area contributed by atoms with Crippen LogP contribution >= 0.6 is 0 Å². The summed E-state index contributed by atoms with van der Waals surface area (Å²) in [7, 11) is 0. The zero-order chi connectivity index (χ0) is 23.1. The number of benzene rings is 3. The van der Waals surface area contributed by atoms with Crippen molar-refractivity contribution in [2.75, 3.05) is 0 Å². The summed E-state index contributed by atoms with van der Waals surface area (Å²) in [6, 6.07) is 20.5. The molecule has 0 fully saturated rings. The van der Waals surface area contributed by atoms with E-state index in [0.29, 0.717) is 11.1 Å². The van der Waals surface area contributed by atoms with Crippen LogP contribution in [0.25, 0.3) is 10.8 Å². The van der Waals surface area contributed by atoms with E-state index >= 15 is 0 Å². The van der Waals surface area contributed by atoms with Gasteiger partial charge in [-0.1, -0.05) is 60.7 Å². The van der Waals surface area contributed by atoms with E-state index in [2.05, 4.69) is 16.7 Å². The first-order chi connectivity index (χ1) is 15.4. The molecule has 0 heterocycles. The van der Waals surface area contributed by atoms with Gasteiger partial charge in [0.1, 0.15) is 12.1 Å². The Morgan fingerprint density at radius 3 is 2.22 bits per heavy atom. The van der Waals surface area contributed by atoms with Crippen LogP contribution in [0.3, 0.4) is 0 Å². The van der Waals surface area contributed by atoms with E-state index in [1.54, 1.807) is 24.3 Å². The number of nitrogens with zero attached hydrogens (tertiary/aromatic N) is 1. The van der Waals surface area contributed by atoms with Gasteiger partial charge in [-0.2, -0.15) is 5.26 Å². The standard InChI is InChI=1S/C25H24N4O3/c1-16(30)28-23(14-19-11-6-10-17-7-4-5-12-21(17)19)25(32)29-22(24(27)31)13-18-8-2-3-9-20(18)15-26/h2-12,22-23H,13-14H2,1H3,(H2,27,31)(H,28,30)(H,29,32). The molecule has 3 rings (SSSR count). The van der Waals surface area contributed by atoms with E-state index in [1.807, 2.05) is 42.5 Å². The van der Waals surface area contributed by atoms with Crippen LogP contribution < -0.4 is 16.4 Å². The number of nitriles is 1. The molecule has 162 valence electrons. The molecule has 2 atom stereocenters. The Hall–Kier alpha value is -4.18. The first-order valence-corrected chi connectivity index (χ1v) is 10.2. The normalized spacial score (nSPS) is 12.4. The Kier molecular flexibility index (Phi) is 7.19. The predicted octanol–water partition coefficient (Wildman–Crippen LogP) is 1.97. The second kappa shape index (κ2) is 10.2. The molecule has 7 heteroatoms. The molecule has 4 N–H and O–H groups in total. The minimum Gasteiger partial charge on any atom is -0.368 e. The van der Waals surface area contributed by atoms with Gasteiger partial charge in [-0.25, -0.2) is 0 Å². The number of rotatable bonds is 8. The van der Waals surface area contributed by atoms with E-state index in [4.69, 9.17) is 5.73 Å². The number of carbonyl (C=O) groups is 3. The molecule has 0 radical (unpaired) electrons. The van der Waals surface area contributed by atoms with Crippen LogP contribution in [0, 0.1) is 11.3 Å². The summed E-state index contributed by atoms with van der Waals surface area (Å²) in [5, 5.41) is 16.6. The first-order valence-electron chi connectivity index (χ1n) is 10.2. The second-order valence-electron chi connectivity index (χ2n) is 7.53. The number of primary amides is 1. The number of amides is 3. The van der Waals surface area contributed by atoms with Gasteiger partial charge in [-0.3, -0.25) is 14.4 Å². The number of nitrogens with two attached hydrogens (primary N) is 1. The molecule has 0 aliphatic heterocycles. The van der Waals surface area contributed by atoms with Gasteiger partial charge >= 0.3 is 0 Å². The van der Waals surface area contributed by atoms with Gasteiger partial charge in [-0.05, 0) is 28.0 Å². The summed E-state index contributed by atoms with van der Waals surface area (Å²) in [4.78, 5) is 36.9. The third kappa shape index (κ3) is 5.49. The van der Waals surface area contributed by atoms with Gasteiger partial charge in [0.05, 0.1) is 11.6 Å². The fourth-order valence-electron chi connectivity index (χ4n) is 3.67. The van der Waals surface area contributed by atoms with E-state index < -0.39 is 23.9 Å². The van der Waals surface area contributed by atoms with E-state index in [0.717, 1.165) is 16.3 Å². The molecule has 0 saturated heterocycles. The fraction of sp³-hybridized carbons (Fsp3) is 0.200. The number of hydrogen-bond donors (Lipinski definition) is 3. The maximum absolute atomic E-state index is 13.1. The summed E-state index contributed by atoms with van der Waals surface area (Å²) >= 11 is 0. The minimum atomic E-state index is -1.03. The van der Waals surface area contributed by atoms with Crippen molar-refractivity contribution in [3.63, 3.8) is 0 Å². The molecule has 0 aromatic heterocycles. The Morgan fingerprint density at radius 1 is 0.875 bits per heavy atom. The van der Waals surface area contributed by atoms with Crippen molar-refractivity contribution in [1.82, 2.24) is 10.6 Å². The van der Waals surface area contributed by atoms with Gasteiger partial charge in [-0.15, -0.1) is 0 Å². The van der Waals surface area contributed by atoms with Crippen LogP contribution in [0.4, 0.5) is 0 Å². The van der Waals surface area contributed by atoms with Crippen molar-refractivity contribution in [2.24, 2.45) is 5.73 Å². The Labute approximate surface area is 186 Å². The smallest absolute Gasteiger partial charge is 0.243 e. The maximum atomic E-state index is 13.1. The average molecular weight is 428 g/mol. The molecule has 3 aromatic carbocycles. The van der Waals surface area contributed by atoms with Gasteiger partial charge in [0, 0.05) is 19.8 Å². The van der Waals surface area contributed by atoms with Gasteiger partial charge in [0.25, 0.3) is 0 Å². The van der Waals surface area contributed by atoms with E-state index in [9.17, 15) is 19.6 Å². The Morgan fingerprint density at radius 2 is 1.50 bits per heavy atom. The van der Waals surface area contributed by atoms with Gasteiger partial charge in [0.2, 0.25) is 17.7 Å². The predicted molar refractivity (Wildman–Crippen MR) is 121 cm³/mol. The van der Waals surface area contributed by atoms with Crippen molar-refractivity contribution >= 4 is 28.5 Å². The minimum absolute atomic E-state index is 0.0753. The SMILES string of the molecule is CC(=O)NC(Cc1cccc2ccccc12)C(=O)NC(Cc1ccccc1C#N)C(N)=O. The lowest BCUT2D eigenvalue weighted by molar-refractivity contribution is -0.130. The number of hydrogen-bond acceptors (Lipinski definition) is 4. The van der Waals surface area contributed by atoms with Crippen molar-refractivity contribution in [1.29, 1.82) is 5.26 Å². The molecular weight excluding hydrogens is 404 g/mol. The highest BCUT2D eigenvalue weighted by Crippen LogP contribution is 2.20. The molecular formula is C25H24N4O3. The van der Waals surface area contributed by atoms with Crippen LogP contribution in [-0.2, 0) is 27.2 Å². The maximum Gasteiger partial charge on any atom is 0.243 e. The quantitative estimate of drug-likeness (QED) is 0.507. The van der Waals surface area contributed by atoms with Crippen LogP contribution in [0.1, 0.15) is 23.6 Å². The largest absolute Gasteiger partial charge is 0.368 e. The second-order valence-corrected chi connectivity index (χ2v) is 7.53. The first kappa shape index (κ1) is 22.5. The Balaban J connectivity index is 1.83. The molecule has 0 aliphatic rings. The van der Waals surface area contributed by atoms with Gasteiger partial charge in [0.15, 0.2) is 0 Å². The molecule has 32 heavy (non-hydrogen) atoms. The molecule has 0 spiro atoms. The van der Waals surface area contributed by atoms with Crippen molar-refractivity contribution in [3.8, 4) is 6.07 Å². The molecule has 3 aromatic rings. The third-order valence-corrected chi connectivity index (χ3v) is 5.22. The highest BCUT2D eigenvalue weighted by Gasteiger charge is 2.26. The molecule has 0 saturated carbocycles. The van der Waals surface area contributed by atoms with Gasteiger partial charge < -0.3 is 16.4 Å². The zero-order valence-corrected chi connectivity index (χ0v) is 17.7. The summed E-state index contributed by atoms with van der Waals surface area (Å²) < 4.78 is 0. The highest BCUT2D eigenvalue weighted by atomic mass is 16.2. The lowest BCUT2D eigenvalue weighted by Gasteiger charge is -2.22. The molecule has 2 unspecified atom stereocenters. The van der Waals surface area contributed by atoms with Crippen LogP contribution in [0.5, 0.6) is 0 Å². The molecule has 3 amide bonds. The highest BCUT2D eigenvalue weighted by molar-refractivity contribution is 5.92. The summed E-state index contributed by atoms with van der Waals surface area (Å²) in [5.74, 6) is -1.61. The van der Waals surface area contributed by atoms with E-state index in [-0.39, 0.29) is 18.7 Å². The van der Waals surface area contributed by atoms with Crippen molar-refractivity contribution < 1.29 is 14.4 Å². The summed E-state index contributed by atoms with van der Waals surface area (Å²) in [5.41, 5.74) is 7.43. The topological polar surface area (TPSA) is 125 Å². The lowest BCUT2D eigenvalue weighted by Crippen LogP contribution is -2.54. The van der Waals surface area contributed by atoms with Crippen molar-refractivity contribution in [2.45, 2.75) is 31.8 Å². The number of carbonyl (C=O) groups excluding carboxylic acids is 3. The Bertz CT molecular complexity index is 1190. The molecule has 0 aliphatic carbocycles. The number of fused-ring (bicyclic) bond motifs is 1. The third-order valence-electron chi connectivity index (χ3n) is 5.22. The fourth-order valence-corrected chi connectivity index (χ4v) is 3.67. The summed E-state index contributed by atoms with van der Waals surface area (Å²) in [6.45, 7) is 1.33. The number of nitrogens with one attached hydrogen (secondary N) is 2. The van der Waals surface area contributed by atoms with E-state index in [1.165, 1.54) is 6.92 Å². The van der Waals surface area contributed by atoms with Crippen LogP contribution in [0.15, 0.2) is 66.7 Å². The summed E-state index contributed by atoms with van der Waals surface area (Å²) in [6.07, 6.45) is 0.318. The lowest BCUT2D eigenvalue weighted by atomic mass is 9.97. The van der Waals surface area contributed by atoms with Crippen molar-refractivity contribution in [3.05, 3.63) is 83.4 Å². The molecule has 7 nitrogen and oxygen atoms in total. The monoisotopic (exact) mass is 428 g/mol. The van der Waals surface area contributed by atoms with Crippen LogP contribution in [-0.4, -0.2) is 29.8 Å². The zero-order valence-electron chi connectivity index (χ0n) is 17.7. The van der Waals surface area contributed by atoms with Crippen LogP contribution in [0.2, 0.25) is 0 Å².